The molecule has 188 valence electrons. The van der Waals surface area contributed by atoms with Crippen molar-refractivity contribution in [3.05, 3.63) is 87.3 Å². The lowest BCUT2D eigenvalue weighted by molar-refractivity contribution is 0.0923. The molecule has 0 atom stereocenters. The van der Waals surface area contributed by atoms with Gasteiger partial charge in [-0.25, -0.2) is 0 Å². The molecule has 8 heteroatoms. The van der Waals surface area contributed by atoms with Crippen LogP contribution in [0.2, 0.25) is 5.02 Å². The fourth-order valence-corrected chi connectivity index (χ4v) is 5.29. The Bertz CT molecular complexity index is 1230. The molecule has 3 heterocycles. The zero-order valence-corrected chi connectivity index (χ0v) is 21.1. The summed E-state index contributed by atoms with van der Waals surface area (Å²) < 4.78 is 1.29. The van der Waals surface area contributed by atoms with Crippen LogP contribution in [0.1, 0.15) is 41.7 Å². The Morgan fingerprint density at radius 2 is 1.69 bits per heavy atom. The van der Waals surface area contributed by atoms with Crippen molar-refractivity contribution >= 4 is 23.2 Å². The molecular formula is C28H32ClN5O2. The molecule has 0 radical (unpaired) electrons. The van der Waals surface area contributed by atoms with Crippen LogP contribution in [0.5, 0.6) is 0 Å². The molecule has 2 saturated heterocycles. The van der Waals surface area contributed by atoms with Gasteiger partial charge in [-0.3, -0.25) is 9.59 Å². The fourth-order valence-electron chi connectivity index (χ4n) is 5.16. The minimum Gasteiger partial charge on any atom is -0.369 e. The lowest BCUT2D eigenvalue weighted by Gasteiger charge is -2.34. The molecule has 2 N–H and O–H groups in total. The number of aromatic nitrogens is 2. The highest BCUT2D eigenvalue weighted by Crippen LogP contribution is 2.27. The van der Waals surface area contributed by atoms with Gasteiger partial charge in [0.2, 0.25) is 0 Å². The number of piperidine rings is 2. The molecule has 1 amide bonds. The lowest BCUT2D eigenvalue weighted by atomic mass is 9.90. The van der Waals surface area contributed by atoms with E-state index in [1.165, 1.54) is 10.2 Å². The van der Waals surface area contributed by atoms with Gasteiger partial charge in [0.1, 0.15) is 0 Å². The smallest absolute Gasteiger partial charge is 0.274 e. The highest BCUT2D eigenvalue weighted by molar-refractivity contribution is 6.30. The molecule has 0 spiro atoms. The number of carbonyl (C=O) groups excluding carboxylic acids is 1. The average molecular weight is 506 g/mol. The fraction of sp³-hybridized carbons (Fsp3) is 0.393. The van der Waals surface area contributed by atoms with Crippen molar-refractivity contribution in [2.45, 2.75) is 38.1 Å². The van der Waals surface area contributed by atoms with Gasteiger partial charge in [0.15, 0.2) is 5.69 Å². The third-order valence-electron chi connectivity index (χ3n) is 7.19. The molecular weight excluding hydrogens is 474 g/mol. The van der Waals surface area contributed by atoms with Gasteiger partial charge in [-0.05, 0) is 80.9 Å². The number of halogens is 1. The zero-order valence-electron chi connectivity index (χ0n) is 20.3. The SMILES string of the molecule is O=C(NC1CCNCC1)c1nn(-c2ccc(Cl)cc2)c(=O)cc1N1CCC(Cc2ccccc2)CC1. The Hall–Kier alpha value is -3.16. The third-order valence-corrected chi connectivity index (χ3v) is 7.45. The number of rotatable bonds is 6. The minimum absolute atomic E-state index is 0.0981. The number of nitrogens with zero attached hydrogens (tertiary/aromatic N) is 3. The van der Waals surface area contributed by atoms with Gasteiger partial charge in [0.05, 0.1) is 11.4 Å². The molecule has 1 aromatic heterocycles. The normalized spacial score (nSPS) is 17.2. The summed E-state index contributed by atoms with van der Waals surface area (Å²) in [6.07, 6.45) is 4.81. The van der Waals surface area contributed by atoms with Gasteiger partial charge in [-0.1, -0.05) is 41.9 Å². The maximum absolute atomic E-state index is 13.5. The van der Waals surface area contributed by atoms with E-state index in [0.717, 1.165) is 58.3 Å². The summed E-state index contributed by atoms with van der Waals surface area (Å²) in [7, 11) is 0. The number of anilines is 1. The van der Waals surface area contributed by atoms with Crippen molar-refractivity contribution in [3.8, 4) is 5.69 Å². The van der Waals surface area contributed by atoms with E-state index in [1.54, 1.807) is 30.3 Å². The topological polar surface area (TPSA) is 79.3 Å². The van der Waals surface area contributed by atoms with Gasteiger partial charge in [-0.2, -0.15) is 9.78 Å². The van der Waals surface area contributed by atoms with E-state index in [-0.39, 0.29) is 17.5 Å². The number of hydrogen-bond acceptors (Lipinski definition) is 5. The standard InChI is InChI=1S/C28H32ClN5O2/c29-22-6-8-24(9-7-22)34-26(35)19-25(27(32-34)28(36)31-23-10-14-30-15-11-23)33-16-12-21(13-17-33)18-20-4-2-1-3-5-20/h1-9,19,21,23,30H,10-18H2,(H,31,36). The Labute approximate surface area is 216 Å². The van der Waals surface area contributed by atoms with Crippen LogP contribution in [0.4, 0.5) is 5.69 Å². The molecule has 0 unspecified atom stereocenters. The van der Waals surface area contributed by atoms with Crippen molar-refractivity contribution < 1.29 is 4.79 Å². The summed E-state index contributed by atoms with van der Waals surface area (Å²) in [4.78, 5) is 28.8. The van der Waals surface area contributed by atoms with E-state index in [2.05, 4.69) is 44.9 Å². The molecule has 2 aliphatic heterocycles. The summed E-state index contributed by atoms with van der Waals surface area (Å²) in [6, 6.07) is 19.1. The van der Waals surface area contributed by atoms with Crippen LogP contribution in [0.25, 0.3) is 5.69 Å². The molecule has 7 nitrogen and oxygen atoms in total. The molecule has 0 bridgehead atoms. The highest BCUT2D eigenvalue weighted by atomic mass is 35.5. The average Bonchev–Trinajstić information content (AvgIpc) is 2.91. The third kappa shape index (κ3) is 5.79. The van der Waals surface area contributed by atoms with Gasteiger partial charge < -0.3 is 15.5 Å². The summed E-state index contributed by atoms with van der Waals surface area (Å²) in [5.41, 5.74) is 2.58. The molecule has 3 aromatic rings. The molecule has 0 aliphatic carbocycles. The summed E-state index contributed by atoms with van der Waals surface area (Å²) in [5, 5.41) is 11.6. The van der Waals surface area contributed by atoms with Gasteiger partial charge in [-0.15, -0.1) is 0 Å². The largest absolute Gasteiger partial charge is 0.369 e. The highest BCUT2D eigenvalue weighted by Gasteiger charge is 2.27. The molecule has 2 aliphatic rings. The van der Waals surface area contributed by atoms with Crippen molar-refractivity contribution in [2.75, 3.05) is 31.1 Å². The number of nitrogens with one attached hydrogen (secondary N) is 2. The first-order chi connectivity index (χ1) is 17.6. The quantitative estimate of drug-likeness (QED) is 0.532. The van der Waals surface area contributed by atoms with Crippen molar-refractivity contribution in [2.24, 2.45) is 5.92 Å². The molecule has 0 saturated carbocycles. The van der Waals surface area contributed by atoms with E-state index in [1.807, 2.05) is 6.07 Å². The first kappa shape index (κ1) is 24.5. The first-order valence-corrected chi connectivity index (χ1v) is 13.2. The maximum Gasteiger partial charge on any atom is 0.274 e. The van der Waals surface area contributed by atoms with Crippen LogP contribution in [-0.2, 0) is 6.42 Å². The van der Waals surface area contributed by atoms with E-state index >= 15 is 0 Å². The van der Waals surface area contributed by atoms with E-state index < -0.39 is 0 Å². The van der Waals surface area contributed by atoms with Crippen LogP contribution in [0.15, 0.2) is 65.5 Å². The molecule has 5 rings (SSSR count). The first-order valence-electron chi connectivity index (χ1n) is 12.8. The predicted molar refractivity (Wildman–Crippen MR) is 143 cm³/mol. The van der Waals surface area contributed by atoms with Crippen LogP contribution in [0.3, 0.4) is 0 Å². The Balaban J connectivity index is 1.40. The van der Waals surface area contributed by atoms with Crippen LogP contribution < -0.4 is 21.1 Å². The maximum atomic E-state index is 13.5. The van der Waals surface area contributed by atoms with Gasteiger partial charge in [0, 0.05) is 30.2 Å². The summed E-state index contributed by atoms with van der Waals surface area (Å²) in [6.45, 7) is 3.34. The van der Waals surface area contributed by atoms with Gasteiger partial charge in [0.25, 0.3) is 11.5 Å². The van der Waals surface area contributed by atoms with Crippen LogP contribution >= 0.6 is 11.6 Å². The van der Waals surface area contributed by atoms with E-state index in [0.29, 0.717) is 28.0 Å². The Morgan fingerprint density at radius 3 is 2.39 bits per heavy atom. The van der Waals surface area contributed by atoms with Crippen LogP contribution in [0, 0.1) is 5.92 Å². The van der Waals surface area contributed by atoms with Crippen molar-refractivity contribution in [1.82, 2.24) is 20.4 Å². The minimum atomic E-state index is -0.267. The Kier molecular flexibility index (Phi) is 7.68. The van der Waals surface area contributed by atoms with Crippen molar-refractivity contribution in [3.63, 3.8) is 0 Å². The second kappa shape index (κ2) is 11.3. The molecule has 36 heavy (non-hydrogen) atoms. The number of hydrogen-bond donors (Lipinski definition) is 2. The zero-order chi connectivity index (χ0) is 24.9. The van der Waals surface area contributed by atoms with Crippen molar-refractivity contribution in [1.29, 1.82) is 0 Å². The molecule has 2 fully saturated rings. The van der Waals surface area contributed by atoms with Gasteiger partial charge >= 0.3 is 0 Å². The molecule has 2 aromatic carbocycles. The summed E-state index contributed by atoms with van der Waals surface area (Å²) >= 11 is 6.03. The summed E-state index contributed by atoms with van der Waals surface area (Å²) in [5.74, 6) is 0.351. The van der Waals surface area contributed by atoms with Crippen LogP contribution in [-0.4, -0.2) is 47.9 Å². The van der Waals surface area contributed by atoms with E-state index in [9.17, 15) is 9.59 Å². The number of benzene rings is 2. The Morgan fingerprint density at radius 1 is 1.00 bits per heavy atom. The second-order valence-electron chi connectivity index (χ2n) is 9.72. The number of carbonyl (C=O) groups is 1. The van der Waals surface area contributed by atoms with E-state index in [4.69, 9.17) is 11.6 Å². The second-order valence-corrected chi connectivity index (χ2v) is 10.2. The monoisotopic (exact) mass is 505 g/mol. The predicted octanol–water partition coefficient (Wildman–Crippen LogP) is 3.83. The number of amides is 1. The lowest BCUT2D eigenvalue weighted by Crippen LogP contribution is -2.44.